The molecule has 0 heterocycles. The Kier molecular flexibility index (Phi) is 5.74. The van der Waals surface area contributed by atoms with Gasteiger partial charge in [0.25, 0.3) is 5.91 Å². The van der Waals surface area contributed by atoms with Crippen molar-refractivity contribution in [3.63, 3.8) is 0 Å². The summed E-state index contributed by atoms with van der Waals surface area (Å²) in [5.41, 5.74) is 4.80. The predicted molar refractivity (Wildman–Crippen MR) is 47.9 cm³/mol. The smallest absolute Gasteiger partial charge is 0.265 e. The highest BCUT2D eigenvalue weighted by Gasteiger charge is 2.12. The summed E-state index contributed by atoms with van der Waals surface area (Å²) in [5.74, 6) is -0.629. The molecular weight excluding hydrogens is 263 g/mol. The van der Waals surface area contributed by atoms with Gasteiger partial charge in [0.2, 0.25) is 0 Å². The highest BCUT2D eigenvalue weighted by Crippen LogP contribution is 1.89. The maximum atomic E-state index is 10.7. The van der Waals surface area contributed by atoms with E-state index in [0.717, 1.165) is 0 Å². The van der Waals surface area contributed by atoms with Gasteiger partial charge in [0.1, 0.15) is 0 Å². The van der Waals surface area contributed by atoms with Gasteiger partial charge in [0.05, 0.1) is 10.7 Å². The van der Waals surface area contributed by atoms with E-state index in [2.05, 4.69) is 10.9 Å². The minimum absolute atomic E-state index is 0.0717. The van der Waals surface area contributed by atoms with Gasteiger partial charge in [-0.3, -0.25) is 10.2 Å². The normalized spacial score (nSPS) is 15.6. The van der Waals surface area contributed by atoms with Crippen LogP contribution in [0.2, 0.25) is 0 Å². The Morgan fingerprint density at radius 3 is 2.64 bits per heavy atom. The molecule has 0 fully saturated rings. The SMILES string of the molecule is CC(I)NNC(=O)[C@H](O)CO. The highest BCUT2D eigenvalue weighted by atomic mass is 127. The number of hydrogen-bond donors (Lipinski definition) is 4. The number of hydrogen-bond acceptors (Lipinski definition) is 4. The van der Waals surface area contributed by atoms with Crippen molar-refractivity contribution in [2.45, 2.75) is 17.1 Å². The first-order chi connectivity index (χ1) is 5.07. The van der Waals surface area contributed by atoms with Crippen LogP contribution in [0, 0.1) is 0 Å². The third kappa shape index (κ3) is 5.36. The number of carbonyl (C=O) groups excluding carboxylic acids is 1. The van der Waals surface area contributed by atoms with Gasteiger partial charge in [-0.2, -0.15) is 0 Å². The molecular formula is C5H11IN2O3. The number of amides is 1. The second-order valence-electron chi connectivity index (χ2n) is 1.95. The first-order valence-electron chi connectivity index (χ1n) is 3.06. The summed E-state index contributed by atoms with van der Waals surface area (Å²) < 4.78 is 0.0717. The lowest BCUT2D eigenvalue weighted by molar-refractivity contribution is -0.132. The summed E-state index contributed by atoms with van der Waals surface area (Å²) in [6.45, 7) is 1.26. The van der Waals surface area contributed by atoms with Crippen LogP contribution in [0.1, 0.15) is 6.92 Å². The summed E-state index contributed by atoms with van der Waals surface area (Å²) in [5, 5.41) is 17.1. The molecule has 2 atom stereocenters. The number of nitrogens with one attached hydrogen (secondary N) is 2. The highest BCUT2D eigenvalue weighted by molar-refractivity contribution is 14.1. The molecule has 6 heteroatoms. The molecule has 0 aromatic rings. The zero-order valence-electron chi connectivity index (χ0n) is 6.04. The van der Waals surface area contributed by atoms with Crippen LogP contribution < -0.4 is 10.9 Å². The maximum absolute atomic E-state index is 10.7. The molecule has 0 aliphatic heterocycles. The van der Waals surface area contributed by atoms with Crippen LogP contribution in [-0.2, 0) is 4.79 Å². The van der Waals surface area contributed by atoms with E-state index >= 15 is 0 Å². The molecule has 1 amide bonds. The Hall–Kier alpha value is 0.0800. The monoisotopic (exact) mass is 274 g/mol. The van der Waals surface area contributed by atoms with Gasteiger partial charge in [0, 0.05) is 0 Å². The average Bonchev–Trinajstić information content (AvgIpc) is 1.98. The molecule has 0 aliphatic carbocycles. The van der Waals surface area contributed by atoms with E-state index in [-0.39, 0.29) is 4.05 Å². The molecule has 1 unspecified atom stereocenters. The summed E-state index contributed by atoms with van der Waals surface area (Å²) in [6, 6.07) is 0. The van der Waals surface area contributed by atoms with Crippen LogP contribution in [0.4, 0.5) is 0 Å². The fraction of sp³-hybridized carbons (Fsp3) is 0.800. The number of alkyl halides is 1. The van der Waals surface area contributed by atoms with Gasteiger partial charge >= 0.3 is 0 Å². The van der Waals surface area contributed by atoms with Crippen molar-refractivity contribution in [1.82, 2.24) is 10.9 Å². The molecule has 0 aromatic carbocycles. The lowest BCUT2D eigenvalue weighted by Crippen LogP contribution is -2.46. The van der Waals surface area contributed by atoms with E-state index in [0.29, 0.717) is 0 Å². The fourth-order valence-electron chi connectivity index (χ4n) is 0.337. The Morgan fingerprint density at radius 2 is 2.27 bits per heavy atom. The van der Waals surface area contributed by atoms with E-state index in [4.69, 9.17) is 10.2 Å². The third-order valence-electron chi connectivity index (χ3n) is 0.870. The number of aliphatic hydroxyl groups is 2. The summed E-state index contributed by atoms with van der Waals surface area (Å²) in [4.78, 5) is 10.7. The van der Waals surface area contributed by atoms with Gasteiger partial charge in [-0.05, 0) is 6.92 Å². The van der Waals surface area contributed by atoms with Crippen LogP contribution in [-0.4, -0.2) is 32.9 Å². The van der Waals surface area contributed by atoms with E-state index in [1.807, 2.05) is 29.5 Å². The lowest BCUT2D eigenvalue weighted by Gasteiger charge is -2.10. The van der Waals surface area contributed by atoms with Crippen molar-refractivity contribution in [2.24, 2.45) is 0 Å². The fourth-order valence-corrected chi connectivity index (χ4v) is 0.492. The molecule has 0 saturated carbocycles. The largest absolute Gasteiger partial charge is 0.393 e. The number of carbonyl (C=O) groups is 1. The van der Waals surface area contributed by atoms with E-state index < -0.39 is 18.6 Å². The molecule has 0 rings (SSSR count). The quantitative estimate of drug-likeness (QED) is 0.223. The molecule has 5 nitrogen and oxygen atoms in total. The van der Waals surface area contributed by atoms with Gasteiger partial charge in [0.15, 0.2) is 6.10 Å². The molecule has 0 aliphatic rings. The molecule has 4 N–H and O–H groups in total. The van der Waals surface area contributed by atoms with Crippen molar-refractivity contribution < 1.29 is 15.0 Å². The Morgan fingerprint density at radius 1 is 1.73 bits per heavy atom. The zero-order valence-corrected chi connectivity index (χ0v) is 8.20. The Labute approximate surface area is 78.3 Å². The van der Waals surface area contributed by atoms with Crippen LogP contribution in [0.3, 0.4) is 0 Å². The van der Waals surface area contributed by atoms with Crippen molar-refractivity contribution in [2.75, 3.05) is 6.61 Å². The van der Waals surface area contributed by atoms with Crippen LogP contribution in [0.15, 0.2) is 0 Å². The van der Waals surface area contributed by atoms with Crippen molar-refractivity contribution >= 4 is 28.5 Å². The number of rotatable bonds is 4. The molecule has 11 heavy (non-hydrogen) atoms. The van der Waals surface area contributed by atoms with Crippen molar-refractivity contribution in [3.05, 3.63) is 0 Å². The number of hydrazine groups is 1. The molecule has 0 radical (unpaired) electrons. The number of aliphatic hydroxyl groups excluding tert-OH is 2. The lowest BCUT2D eigenvalue weighted by atomic mass is 10.4. The summed E-state index contributed by atoms with van der Waals surface area (Å²) in [6.07, 6.45) is -1.35. The van der Waals surface area contributed by atoms with Crippen LogP contribution >= 0.6 is 22.6 Å². The summed E-state index contributed by atoms with van der Waals surface area (Å²) >= 11 is 2.04. The van der Waals surface area contributed by atoms with Crippen molar-refractivity contribution in [3.8, 4) is 0 Å². The molecule has 0 spiro atoms. The Bertz CT molecular complexity index is 131. The van der Waals surface area contributed by atoms with Crippen LogP contribution in [0.5, 0.6) is 0 Å². The third-order valence-corrected chi connectivity index (χ3v) is 1.18. The standard InChI is InChI=1S/C5H11IN2O3/c1-3(6)7-8-5(11)4(10)2-9/h3-4,7,9-10H,2H2,1H3,(H,8,11)/t3?,4-/m1/s1. The van der Waals surface area contributed by atoms with Crippen molar-refractivity contribution in [1.29, 1.82) is 0 Å². The second-order valence-corrected chi connectivity index (χ2v) is 3.82. The van der Waals surface area contributed by atoms with Crippen LogP contribution in [0.25, 0.3) is 0 Å². The summed E-state index contributed by atoms with van der Waals surface area (Å²) in [7, 11) is 0. The maximum Gasteiger partial charge on any atom is 0.265 e. The topological polar surface area (TPSA) is 81.6 Å². The van der Waals surface area contributed by atoms with E-state index in [9.17, 15) is 4.79 Å². The minimum Gasteiger partial charge on any atom is -0.393 e. The Balaban J connectivity index is 3.52. The first kappa shape index (κ1) is 11.1. The van der Waals surface area contributed by atoms with Gasteiger partial charge in [-0.15, -0.1) is 0 Å². The van der Waals surface area contributed by atoms with Gasteiger partial charge < -0.3 is 10.2 Å². The van der Waals surface area contributed by atoms with Gasteiger partial charge in [-0.1, -0.05) is 22.6 Å². The average molecular weight is 274 g/mol. The predicted octanol–water partition coefficient (Wildman–Crippen LogP) is -1.26. The second kappa shape index (κ2) is 5.70. The van der Waals surface area contributed by atoms with Gasteiger partial charge in [-0.25, -0.2) is 5.43 Å². The number of halogens is 1. The molecule has 0 aromatic heterocycles. The van der Waals surface area contributed by atoms with E-state index in [1.54, 1.807) is 0 Å². The van der Waals surface area contributed by atoms with E-state index in [1.165, 1.54) is 0 Å². The first-order valence-corrected chi connectivity index (χ1v) is 4.31. The molecule has 0 saturated heterocycles. The minimum atomic E-state index is -1.35. The molecule has 0 bridgehead atoms. The zero-order chi connectivity index (χ0) is 8.85. The molecule has 66 valence electrons.